The summed E-state index contributed by atoms with van der Waals surface area (Å²) in [5, 5.41) is 2.74. The summed E-state index contributed by atoms with van der Waals surface area (Å²) in [6, 6.07) is 8.67. The van der Waals surface area contributed by atoms with E-state index in [2.05, 4.69) is 16.9 Å². The number of ether oxygens (including phenoxy) is 1. The van der Waals surface area contributed by atoms with Crippen molar-refractivity contribution >= 4 is 29.0 Å². The normalized spacial score (nSPS) is 16.0. The van der Waals surface area contributed by atoms with Gasteiger partial charge in [-0.15, -0.1) is 0 Å². The topological polar surface area (TPSA) is 124 Å². The Morgan fingerprint density at radius 1 is 1.34 bits per heavy atom. The van der Waals surface area contributed by atoms with Crippen LogP contribution in [-0.4, -0.2) is 41.4 Å². The molecule has 5 N–H and O–H groups in total. The quantitative estimate of drug-likeness (QED) is 0.572. The lowest BCUT2D eigenvalue weighted by Gasteiger charge is -2.33. The lowest BCUT2D eigenvalue weighted by molar-refractivity contribution is -0.118. The van der Waals surface area contributed by atoms with Crippen LogP contribution in [-0.2, 0) is 4.79 Å². The number of piperidine rings is 1. The van der Waals surface area contributed by atoms with Crippen LogP contribution >= 0.6 is 0 Å². The number of nitrogen functional groups attached to an aromatic ring is 1. The van der Waals surface area contributed by atoms with Gasteiger partial charge in [0.1, 0.15) is 11.6 Å². The zero-order valence-corrected chi connectivity index (χ0v) is 18.6. The predicted octanol–water partition coefficient (Wildman–Crippen LogP) is 3.12. The number of likely N-dealkylation sites (tertiary alicyclic amines) is 1. The molecule has 0 spiro atoms. The SMILES string of the molecule is C=C(N)c1c(N)cccc1OC[C@H]1CCCN(C(=O)c2ccnc(NC(=O)C(C)C)c2)C1. The second-order valence-corrected chi connectivity index (χ2v) is 8.39. The van der Waals surface area contributed by atoms with Crippen molar-refractivity contribution < 1.29 is 14.3 Å². The summed E-state index contributed by atoms with van der Waals surface area (Å²) >= 11 is 0. The van der Waals surface area contributed by atoms with Crippen LogP contribution in [0, 0.1) is 11.8 Å². The van der Waals surface area contributed by atoms with Gasteiger partial charge in [0, 0.05) is 48.1 Å². The lowest BCUT2D eigenvalue weighted by atomic mass is 9.98. The number of hydrogen-bond donors (Lipinski definition) is 3. The van der Waals surface area contributed by atoms with Crippen LogP contribution in [0.3, 0.4) is 0 Å². The predicted molar refractivity (Wildman–Crippen MR) is 126 cm³/mol. The molecule has 0 radical (unpaired) electrons. The van der Waals surface area contributed by atoms with Gasteiger partial charge >= 0.3 is 0 Å². The summed E-state index contributed by atoms with van der Waals surface area (Å²) in [7, 11) is 0. The minimum Gasteiger partial charge on any atom is -0.492 e. The highest BCUT2D eigenvalue weighted by molar-refractivity contribution is 5.96. The standard InChI is InChI=1S/C24H31N5O3/c1-15(2)23(30)28-21-12-18(9-10-27-21)24(31)29-11-5-6-17(13-29)14-32-20-8-4-7-19(26)22(20)16(3)25/h4,7-10,12,15,17H,3,5-6,11,13-14,25-26H2,1-2H3,(H,27,28,30)/t17-/m0/s1. The van der Waals surface area contributed by atoms with Gasteiger partial charge in [0.15, 0.2) is 0 Å². The van der Waals surface area contributed by atoms with Crippen LogP contribution < -0.4 is 21.5 Å². The first-order chi connectivity index (χ1) is 15.3. The highest BCUT2D eigenvalue weighted by atomic mass is 16.5. The summed E-state index contributed by atoms with van der Waals surface area (Å²) in [5.41, 5.74) is 13.9. The molecule has 0 unspecified atom stereocenters. The lowest BCUT2D eigenvalue weighted by Crippen LogP contribution is -2.41. The summed E-state index contributed by atoms with van der Waals surface area (Å²) in [5.74, 6) is 0.754. The van der Waals surface area contributed by atoms with E-state index in [1.54, 1.807) is 32.0 Å². The summed E-state index contributed by atoms with van der Waals surface area (Å²) in [6.45, 7) is 9.08. The molecule has 0 saturated carbocycles. The molecular formula is C24H31N5O3. The minimum absolute atomic E-state index is 0.0860. The molecule has 8 nitrogen and oxygen atoms in total. The maximum absolute atomic E-state index is 13.1. The van der Waals surface area contributed by atoms with E-state index in [-0.39, 0.29) is 23.7 Å². The van der Waals surface area contributed by atoms with Crippen LogP contribution in [0.25, 0.3) is 5.70 Å². The molecule has 1 aliphatic heterocycles. The smallest absolute Gasteiger partial charge is 0.254 e. The van der Waals surface area contributed by atoms with Gasteiger partial charge in [-0.2, -0.15) is 0 Å². The molecule has 1 saturated heterocycles. The number of nitrogens with one attached hydrogen (secondary N) is 1. The van der Waals surface area contributed by atoms with Gasteiger partial charge in [0.2, 0.25) is 5.91 Å². The van der Waals surface area contributed by atoms with Crippen LogP contribution in [0.1, 0.15) is 42.6 Å². The minimum atomic E-state index is -0.170. The first kappa shape index (κ1) is 23.1. The van der Waals surface area contributed by atoms with E-state index < -0.39 is 0 Å². The third kappa shape index (κ3) is 5.57. The molecule has 0 bridgehead atoms. The first-order valence-corrected chi connectivity index (χ1v) is 10.8. The van der Waals surface area contributed by atoms with Crippen molar-refractivity contribution in [1.82, 2.24) is 9.88 Å². The Kier molecular flexibility index (Phi) is 7.35. The van der Waals surface area contributed by atoms with Gasteiger partial charge < -0.3 is 26.4 Å². The van der Waals surface area contributed by atoms with Gasteiger partial charge in [-0.05, 0) is 37.1 Å². The van der Waals surface area contributed by atoms with E-state index in [0.29, 0.717) is 53.8 Å². The number of nitrogens with zero attached hydrogens (tertiary/aromatic N) is 2. The number of hydrogen-bond acceptors (Lipinski definition) is 6. The fourth-order valence-corrected chi connectivity index (χ4v) is 3.69. The first-order valence-electron chi connectivity index (χ1n) is 10.8. The molecule has 1 aliphatic rings. The molecule has 2 aromatic rings. The maximum atomic E-state index is 13.1. The molecule has 8 heteroatoms. The van der Waals surface area contributed by atoms with Crippen molar-refractivity contribution in [2.24, 2.45) is 17.6 Å². The second kappa shape index (κ2) is 10.2. The summed E-state index contributed by atoms with van der Waals surface area (Å²) in [6.07, 6.45) is 3.38. The number of anilines is 2. The Balaban J connectivity index is 1.64. The van der Waals surface area contributed by atoms with Gasteiger partial charge in [0.25, 0.3) is 5.91 Å². The summed E-state index contributed by atoms with van der Waals surface area (Å²) < 4.78 is 6.02. The Bertz CT molecular complexity index is 1000. The van der Waals surface area contributed by atoms with E-state index in [9.17, 15) is 9.59 Å². The molecule has 170 valence electrons. The Morgan fingerprint density at radius 3 is 2.84 bits per heavy atom. The summed E-state index contributed by atoms with van der Waals surface area (Å²) in [4.78, 5) is 31.0. The van der Waals surface area contributed by atoms with Crippen molar-refractivity contribution in [1.29, 1.82) is 0 Å². The van der Waals surface area contributed by atoms with Crippen LogP contribution in [0.5, 0.6) is 5.75 Å². The number of amides is 2. The molecule has 3 rings (SSSR count). The average molecular weight is 438 g/mol. The monoisotopic (exact) mass is 437 g/mol. The van der Waals surface area contributed by atoms with Crippen molar-refractivity contribution in [3.05, 3.63) is 54.2 Å². The van der Waals surface area contributed by atoms with Crippen molar-refractivity contribution in [3.8, 4) is 5.75 Å². The van der Waals surface area contributed by atoms with Crippen molar-refractivity contribution in [2.45, 2.75) is 26.7 Å². The second-order valence-electron chi connectivity index (χ2n) is 8.39. The molecule has 32 heavy (non-hydrogen) atoms. The van der Waals surface area contributed by atoms with E-state index in [0.717, 1.165) is 12.8 Å². The number of nitrogens with two attached hydrogens (primary N) is 2. The number of rotatable bonds is 7. The van der Waals surface area contributed by atoms with Crippen molar-refractivity contribution in [3.63, 3.8) is 0 Å². The average Bonchev–Trinajstić information content (AvgIpc) is 2.77. The number of pyridine rings is 1. The molecule has 0 aliphatic carbocycles. The van der Waals surface area contributed by atoms with E-state index in [1.807, 2.05) is 17.0 Å². The molecule has 1 fully saturated rings. The Morgan fingerprint density at radius 2 is 2.12 bits per heavy atom. The molecule has 1 aromatic carbocycles. The van der Waals surface area contributed by atoms with Crippen molar-refractivity contribution in [2.75, 3.05) is 30.7 Å². The fraction of sp³-hybridized carbons (Fsp3) is 0.375. The van der Waals surface area contributed by atoms with E-state index in [1.165, 1.54) is 6.20 Å². The Hall–Kier alpha value is -3.55. The molecule has 2 amide bonds. The molecule has 2 heterocycles. The highest BCUT2D eigenvalue weighted by Gasteiger charge is 2.26. The van der Waals surface area contributed by atoms with Crippen LogP contribution in [0.2, 0.25) is 0 Å². The van der Waals surface area contributed by atoms with E-state index in [4.69, 9.17) is 16.2 Å². The molecular weight excluding hydrogens is 406 g/mol. The van der Waals surface area contributed by atoms with Gasteiger partial charge in [0.05, 0.1) is 12.2 Å². The Labute approximate surface area is 188 Å². The van der Waals surface area contributed by atoms with Crippen LogP contribution in [0.4, 0.5) is 11.5 Å². The largest absolute Gasteiger partial charge is 0.492 e. The highest BCUT2D eigenvalue weighted by Crippen LogP contribution is 2.29. The van der Waals surface area contributed by atoms with E-state index >= 15 is 0 Å². The number of benzene rings is 1. The third-order valence-corrected chi connectivity index (χ3v) is 5.44. The number of aromatic nitrogens is 1. The van der Waals surface area contributed by atoms with Gasteiger partial charge in [-0.25, -0.2) is 4.98 Å². The zero-order valence-electron chi connectivity index (χ0n) is 18.6. The van der Waals surface area contributed by atoms with Gasteiger partial charge in [-0.1, -0.05) is 26.5 Å². The van der Waals surface area contributed by atoms with Gasteiger partial charge in [-0.3, -0.25) is 9.59 Å². The molecule has 1 atom stereocenters. The molecule has 1 aromatic heterocycles. The number of carbonyl (C=O) groups is 2. The zero-order chi connectivity index (χ0) is 23.3. The maximum Gasteiger partial charge on any atom is 0.254 e. The fourth-order valence-electron chi connectivity index (χ4n) is 3.69. The third-order valence-electron chi connectivity index (χ3n) is 5.44. The van der Waals surface area contributed by atoms with Crippen LogP contribution in [0.15, 0.2) is 43.1 Å². The number of carbonyl (C=O) groups excluding carboxylic acids is 2.